The number of hydrogen-bond acceptors (Lipinski definition) is 2. The van der Waals surface area contributed by atoms with E-state index in [0.29, 0.717) is 19.0 Å². The Balaban J connectivity index is 1.46. The molecule has 3 nitrogen and oxygen atoms in total. The Morgan fingerprint density at radius 3 is 2.44 bits per heavy atom. The van der Waals surface area contributed by atoms with Crippen LogP contribution in [0.25, 0.3) is 16.8 Å². The summed E-state index contributed by atoms with van der Waals surface area (Å²) in [4.78, 5) is 12.0. The van der Waals surface area contributed by atoms with Crippen LogP contribution < -0.4 is 10.6 Å². The molecule has 0 bridgehead atoms. The first-order valence-electron chi connectivity index (χ1n) is 9.41. The molecule has 0 aromatic heterocycles. The van der Waals surface area contributed by atoms with E-state index in [1.165, 1.54) is 16.3 Å². The Bertz CT molecular complexity index is 921. The minimum atomic E-state index is -0.0809. The zero-order valence-electron chi connectivity index (χ0n) is 15.9. The molecule has 0 spiro atoms. The fourth-order valence-corrected chi connectivity index (χ4v) is 2.99. The van der Waals surface area contributed by atoms with Crippen molar-refractivity contribution in [2.75, 3.05) is 18.4 Å². The molecule has 0 heterocycles. The molecule has 0 atom stereocenters. The van der Waals surface area contributed by atoms with Gasteiger partial charge < -0.3 is 10.6 Å². The normalized spacial score (nSPS) is 11.2. The lowest BCUT2D eigenvalue weighted by molar-refractivity contribution is -0.116. The molecule has 0 fully saturated rings. The summed E-state index contributed by atoms with van der Waals surface area (Å²) in [5, 5.41) is 8.70. The minimum Gasteiger partial charge on any atom is -0.383 e. The highest BCUT2D eigenvalue weighted by Crippen LogP contribution is 2.22. The molecule has 0 saturated heterocycles. The standard InChI is InChI=1S/C24H26N2O/c1-18(2)20-13-10-19(11-14-20)12-15-24(27)26-17-16-25-23-9-5-7-21-6-3-4-8-22(21)23/h3-15,18,25H,16-17H2,1-2H3,(H,26,27)/b15-12+. The number of amides is 1. The van der Waals surface area contributed by atoms with E-state index < -0.39 is 0 Å². The molecule has 27 heavy (non-hydrogen) atoms. The van der Waals surface area contributed by atoms with Gasteiger partial charge in [0.15, 0.2) is 0 Å². The molecule has 1 amide bonds. The van der Waals surface area contributed by atoms with Gasteiger partial charge in [-0.1, -0.05) is 74.5 Å². The first-order valence-corrected chi connectivity index (χ1v) is 9.41. The number of rotatable bonds is 7. The Morgan fingerprint density at radius 2 is 1.67 bits per heavy atom. The Kier molecular flexibility index (Phi) is 6.26. The van der Waals surface area contributed by atoms with Crippen molar-refractivity contribution in [3.8, 4) is 0 Å². The topological polar surface area (TPSA) is 41.1 Å². The molecule has 0 aliphatic rings. The monoisotopic (exact) mass is 358 g/mol. The number of benzene rings is 3. The molecule has 0 radical (unpaired) electrons. The molecule has 0 aliphatic carbocycles. The van der Waals surface area contributed by atoms with Crippen LogP contribution in [0.3, 0.4) is 0 Å². The van der Waals surface area contributed by atoms with Gasteiger partial charge in [-0.2, -0.15) is 0 Å². The summed E-state index contributed by atoms with van der Waals surface area (Å²) in [7, 11) is 0. The van der Waals surface area contributed by atoms with Crippen LogP contribution in [0.15, 0.2) is 72.8 Å². The quantitative estimate of drug-likeness (QED) is 0.450. The molecule has 3 rings (SSSR count). The molecule has 0 saturated carbocycles. The molecule has 0 unspecified atom stereocenters. The van der Waals surface area contributed by atoms with Gasteiger partial charge in [-0.3, -0.25) is 4.79 Å². The second-order valence-electron chi connectivity index (χ2n) is 6.90. The van der Waals surface area contributed by atoms with Crippen LogP contribution >= 0.6 is 0 Å². The van der Waals surface area contributed by atoms with Gasteiger partial charge in [-0.15, -0.1) is 0 Å². The third-order valence-electron chi connectivity index (χ3n) is 4.56. The first kappa shape index (κ1) is 18.7. The summed E-state index contributed by atoms with van der Waals surface area (Å²) >= 11 is 0. The van der Waals surface area contributed by atoms with Crippen molar-refractivity contribution in [2.24, 2.45) is 0 Å². The summed E-state index contributed by atoms with van der Waals surface area (Å²) in [5.74, 6) is 0.434. The second kappa shape index (κ2) is 9.04. The van der Waals surface area contributed by atoms with E-state index in [2.05, 4.69) is 60.9 Å². The van der Waals surface area contributed by atoms with E-state index in [1.807, 2.05) is 36.4 Å². The molecule has 2 N–H and O–H groups in total. The van der Waals surface area contributed by atoms with Crippen molar-refractivity contribution in [3.63, 3.8) is 0 Å². The van der Waals surface area contributed by atoms with Crippen LogP contribution in [0.1, 0.15) is 30.9 Å². The fourth-order valence-electron chi connectivity index (χ4n) is 2.99. The molecular weight excluding hydrogens is 332 g/mol. The van der Waals surface area contributed by atoms with Crippen molar-refractivity contribution in [1.82, 2.24) is 5.32 Å². The van der Waals surface area contributed by atoms with Crippen LogP contribution in [-0.2, 0) is 4.79 Å². The number of nitrogens with one attached hydrogen (secondary N) is 2. The highest BCUT2D eigenvalue weighted by atomic mass is 16.1. The molecule has 3 aromatic carbocycles. The van der Waals surface area contributed by atoms with Crippen LogP contribution in [0.5, 0.6) is 0 Å². The van der Waals surface area contributed by atoms with Crippen molar-refractivity contribution in [2.45, 2.75) is 19.8 Å². The number of carbonyl (C=O) groups excluding carboxylic acids is 1. The predicted molar refractivity (Wildman–Crippen MR) is 115 cm³/mol. The van der Waals surface area contributed by atoms with Crippen LogP contribution in [0.2, 0.25) is 0 Å². The van der Waals surface area contributed by atoms with Gasteiger partial charge in [-0.25, -0.2) is 0 Å². The SMILES string of the molecule is CC(C)c1ccc(/C=C/C(=O)NCCNc2cccc3ccccc23)cc1. The fraction of sp³-hybridized carbons (Fsp3) is 0.208. The Hall–Kier alpha value is -3.07. The van der Waals surface area contributed by atoms with Gasteiger partial charge in [0.2, 0.25) is 5.91 Å². The predicted octanol–water partition coefficient (Wildman–Crippen LogP) is 5.20. The molecular formula is C24H26N2O. The maximum absolute atomic E-state index is 12.0. The van der Waals surface area contributed by atoms with Crippen molar-refractivity contribution < 1.29 is 4.79 Å². The van der Waals surface area contributed by atoms with E-state index in [-0.39, 0.29) is 5.91 Å². The van der Waals surface area contributed by atoms with Crippen LogP contribution in [-0.4, -0.2) is 19.0 Å². The Morgan fingerprint density at radius 1 is 0.926 bits per heavy atom. The average molecular weight is 358 g/mol. The van der Waals surface area contributed by atoms with Gasteiger partial charge in [0.25, 0.3) is 0 Å². The highest BCUT2D eigenvalue weighted by molar-refractivity contribution is 5.94. The van der Waals surface area contributed by atoms with Crippen molar-refractivity contribution in [3.05, 3.63) is 83.9 Å². The summed E-state index contributed by atoms with van der Waals surface area (Å²) in [6, 6.07) is 22.8. The van der Waals surface area contributed by atoms with Gasteiger partial charge in [-0.05, 0) is 34.6 Å². The third-order valence-corrected chi connectivity index (χ3v) is 4.56. The average Bonchev–Trinajstić information content (AvgIpc) is 2.70. The zero-order chi connectivity index (χ0) is 19.1. The van der Waals surface area contributed by atoms with E-state index >= 15 is 0 Å². The lowest BCUT2D eigenvalue weighted by Gasteiger charge is -2.10. The largest absolute Gasteiger partial charge is 0.383 e. The zero-order valence-corrected chi connectivity index (χ0v) is 15.9. The van der Waals surface area contributed by atoms with Crippen LogP contribution in [0, 0.1) is 0 Å². The molecule has 138 valence electrons. The summed E-state index contributed by atoms with van der Waals surface area (Å²) in [6.45, 7) is 5.59. The van der Waals surface area contributed by atoms with Gasteiger partial charge in [0, 0.05) is 30.2 Å². The van der Waals surface area contributed by atoms with E-state index in [9.17, 15) is 4.79 Å². The summed E-state index contributed by atoms with van der Waals surface area (Å²) < 4.78 is 0. The molecule has 3 heteroatoms. The number of carbonyl (C=O) groups is 1. The van der Waals surface area contributed by atoms with Gasteiger partial charge in [0.1, 0.15) is 0 Å². The first-order chi connectivity index (χ1) is 13.1. The molecule has 0 aliphatic heterocycles. The maximum Gasteiger partial charge on any atom is 0.244 e. The van der Waals surface area contributed by atoms with Gasteiger partial charge in [0.05, 0.1) is 0 Å². The van der Waals surface area contributed by atoms with Crippen molar-refractivity contribution in [1.29, 1.82) is 0 Å². The highest BCUT2D eigenvalue weighted by Gasteiger charge is 2.00. The number of hydrogen-bond donors (Lipinski definition) is 2. The smallest absolute Gasteiger partial charge is 0.244 e. The van der Waals surface area contributed by atoms with E-state index in [4.69, 9.17) is 0 Å². The summed E-state index contributed by atoms with van der Waals surface area (Å²) in [5.41, 5.74) is 3.42. The van der Waals surface area contributed by atoms with Gasteiger partial charge >= 0.3 is 0 Å². The number of fused-ring (bicyclic) bond motifs is 1. The Labute approximate surface area is 161 Å². The minimum absolute atomic E-state index is 0.0809. The maximum atomic E-state index is 12.0. The second-order valence-corrected chi connectivity index (χ2v) is 6.90. The van der Waals surface area contributed by atoms with Crippen molar-refractivity contribution >= 4 is 28.4 Å². The lowest BCUT2D eigenvalue weighted by atomic mass is 10.0. The van der Waals surface area contributed by atoms with Crippen LogP contribution in [0.4, 0.5) is 5.69 Å². The molecule has 3 aromatic rings. The van der Waals surface area contributed by atoms with E-state index in [0.717, 1.165) is 11.3 Å². The third kappa shape index (κ3) is 5.20. The van der Waals surface area contributed by atoms with E-state index in [1.54, 1.807) is 6.08 Å². The number of anilines is 1. The lowest BCUT2D eigenvalue weighted by Crippen LogP contribution is -2.27. The summed E-state index contributed by atoms with van der Waals surface area (Å²) in [6.07, 6.45) is 3.43.